The van der Waals surface area contributed by atoms with Crippen LogP contribution in [0, 0.1) is 0 Å². The molecule has 0 aromatic heterocycles. The fourth-order valence-corrected chi connectivity index (χ4v) is 0. The highest BCUT2D eigenvalue weighted by Crippen LogP contribution is 2.04. The van der Waals surface area contributed by atoms with Gasteiger partial charge in [0, 0.05) is 0 Å². The average molecular weight is 168 g/mol. The van der Waals surface area contributed by atoms with Crippen molar-refractivity contribution in [3.8, 4) is 0 Å². The van der Waals surface area contributed by atoms with Gasteiger partial charge in [-0.1, -0.05) is 0 Å². The van der Waals surface area contributed by atoms with E-state index in [4.69, 9.17) is 0 Å². The standard InChI is InChI=1S/C2H2F4.C2H4F2/c3-1(4)2(5)6;1-2(3)4/h1-2H;2H,1H3. The highest BCUT2D eigenvalue weighted by molar-refractivity contribution is 4.35. The molecule has 0 aliphatic carbocycles. The molecule has 0 unspecified atom stereocenters. The molecule has 0 aromatic rings. The maximum Gasteiger partial charge on any atom is 0.298 e. The summed E-state index contributed by atoms with van der Waals surface area (Å²) in [6.45, 7) is 0.833. The zero-order valence-electron chi connectivity index (χ0n) is 5.00. The normalized spacial score (nSPS) is 10.2. The fraction of sp³-hybridized carbons (Fsp3) is 1.00. The zero-order chi connectivity index (χ0) is 8.73. The summed E-state index contributed by atoms with van der Waals surface area (Å²) < 4.78 is 62.3. The number of alkyl halides is 6. The van der Waals surface area contributed by atoms with E-state index in [1.807, 2.05) is 0 Å². The summed E-state index contributed by atoms with van der Waals surface area (Å²) >= 11 is 0. The number of hydrogen-bond donors (Lipinski definition) is 0. The second-order valence-electron chi connectivity index (χ2n) is 1.19. The summed E-state index contributed by atoms with van der Waals surface area (Å²) in [5.74, 6) is 0. The van der Waals surface area contributed by atoms with Gasteiger partial charge in [-0.3, -0.25) is 0 Å². The van der Waals surface area contributed by atoms with Crippen LogP contribution in [-0.2, 0) is 0 Å². The Morgan fingerprint density at radius 2 is 0.800 bits per heavy atom. The van der Waals surface area contributed by atoms with E-state index in [9.17, 15) is 26.3 Å². The summed E-state index contributed by atoms with van der Waals surface area (Å²) in [6.07, 6.45) is -9.13. The van der Waals surface area contributed by atoms with Crippen molar-refractivity contribution in [2.45, 2.75) is 26.2 Å². The molecular formula is C4H6F6. The van der Waals surface area contributed by atoms with Gasteiger partial charge in [-0.25, -0.2) is 26.3 Å². The largest absolute Gasteiger partial charge is 0.298 e. The van der Waals surface area contributed by atoms with E-state index in [0.717, 1.165) is 6.92 Å². The van der Waals surface area contributed by atoms with Crippen LogP contribution >= 0.6 is 0 Å². The maximum absolute atomic E-state index is 10.4. The van der Waals surface area contributed by atoms with Gasteiger partial charge in [0.15, 0.2) is 0 Å². The van der Waals surface area contributed by atoms with Crippen LogP contribution < -0.4 is 0 Å². The topological polar surface area (TPSA) is 0 Å². The minimum Gasteiger partial charge on any atom is -0.211 e. The Balaban J connectivity index is 0. The van der Waals surface area contributed by atoms with Crippen LogP contribution in [0.25, 0.3) is 0 Å². The third-order valence-electron chi connectivity index (χ3n) is 0.190. The molecule has 0 saturated heterocycles. The molecular weight excluding hydrogens is 162 g/mol. The van der Waals surface area contributed by atoms with Crippen molar-refractivity contribution >= 4 is 0 Å². The molecule has 0 radical (unpaired) electrons. The van der Waals surface area contributed by atoms with Crippen molar-refractivity contribution in [1.82, 2.24) is 0 Å². The molecule has 0 spiro atoms. The SMILES string of the molecule is CC(F)F.FC(F)C(F)F. The van der Waals surface area contributed by atoms with Gasteiger partial charge in [0.1, 0.15) is 0 Å². The first-order valence-electron chi connectivity index (χ1n) is 2.22. The molecule has 0 nitrogen and oxygen atoms in total. The Hall–Kier alpha value is -0.420. The lowest BCUT2D eigenvalue weighted by Crippen LogP contribution is -2.02. The van der Waals surface area contributed by atoms with E-state index in [1.165, 1.54) is 0 Å². The lowest BCUT2D eigenvalue weighted by Gasteiger charge is -1.89. The molecule has 0 fully saturated rings. The monoisotopic (exact) mass is 168 g/mol. The molecule has 10 heavy (non-hydrogen) atoms. The first-order chi connectivity index (χ1) is 4.37. The zero-order valence-corrected chi connectivity index (χ0v) is 5.00. The van der Waals surface area contributed by atoms with Crippen molar-refractivity contribution in [3.63, 3.8) is 0 Å². The van der Waals surface area contributed by atoms with Crippen molar-refractivity contribution in [3.05, 3.63) is 0 Å². The lowest BCUT2D eigenvalue weighted by atomic mass is 10.8. The van der Waals surface area contributed by atoms with E-state index in [-0.39, 0.29) is 0 Å². The molecule has 0 saturated carbocycles. The average Bonchev–Trinajstić information content (AvgIpc) is 1.63. The Morgan fingerprint density at radius 1 is 0.700 bits per heavy atom. The molecule has 0 aliphatic heterocycles. The van der Waals surface area contributed by atoms with Crippen molar-refractivity contribution in [2.24, 2.45) is 0 Å². The molecule has 0 bridgehead atoms. The maximum atomic E-state index is 10.4. The van der Waals surface area contributed by atoms with Crippen LogP contribution in [0.4, 0.5) is 26.3 Å². The van der Waals surface area contributed by atoms with Crippen LogP contribution in [0.15, 0.2) is 0 Å². The Kier molecular flexibility index (Phi) is 8.22. The molecule has 0 amide bonds. The van der Waals surface area contributed by atoms with Crippen LogP contribution in [0.1, 0.15) is 6.92 Å². The Bertz CT molecular complexity index is 52.0. The van der Waals surface area contributed by atoms with E-state index in [2.05, 4.69) is 0 Å². The van der Waals surface area contributed by atoms with Crippen molar-refractivity contribution < 1.29 is 26.3 Å². The van der Waals surface area contributed by atoms with Gasteiger partial charge in [0.25, 0.3) is 12.9 Å². The molecule has 64 valence electrons. The Labute approximate surface area is 53.8 Å². The molecule has 0 rings (SSSR count). The smallest absolute Gasteiger partial charge is 0.211 e. The molecule has 0 heterocycles. The summed E-state index contributed by atoms with van der Waals surface area (Å²) in [5.41, 5.74) is 0. The van der Waals surface area contributed by atoms with Gasteiger partial charge in [0.2, 0.25) is 6.43 Å². The molecule has 0 atom stereocenters. The summed E-state index contributed by atoms with van der Waals surface area (Å²) in [4.78, 5) is 0. The third-order valence-corrected chi connectivity index (χ3v) is 0.190. The van der Waals surface area contributed by atoms with Crippen molar-refractivity contribution in [2.75, 3.05) is 0 Å². The predicted octanol–water partition coefficient (Wildman–Crippen LogP) is 2.79. The molecule has 0 N–H and O–H groups in total. The highest BCUT2D eigenvalue weighted by atomic mass is 19.3. The van der Waals surface area contributed by atoms with Gasteiger partial charge in [-0.15, -0.1) is 0 Å². The minimum absolute atomic E-state index is 0.833. The Morgan fingerprint density at radius 3 is 0.800 bits per heavy atom. The summed E-state index contributed by atoms with van der Waals surface area (Å²) in [6, 6.07) is 0. The van der Waals surface area contributed by atoms with Crippen molar-refractivity contribution in [1.29, 1.82) is 0 Å². The van der Waals surface area contributed by atoms with Crippen LogP contribution in [0.5, 0.6) is 0 Å². The van der Waals surface area contributed by atoms with Gasteiger partial charge in [-0.2, -0.15) is 0 Å². The molecule has 6 heteroatoms. The van der Waals surface area contributed by atoms with E-state index >= 15 is 0 Å². The first-order valence-corrected chi connectivity index (χ1v) is 2.22. The summed E-state index contributed by atoms with van der Waals surface area (Å²) in [5, 5.41) is 0. The number of rotatable bonds is 1. The predicted molar refractivity (Wildman–Crippen MR) is 23.7 cm³/mol. The number of halogens is 6. The highest BCUT2D eigenvalue weighted by Gasteiger charge is 2.15. The quantitative estimate of drug-likeness (QED) is 0.528. The number of hydrogen-bond acceptors (Lipinski definition) is 0. The fourth-order valence-electron chi connectivity index (χ4n) is 0. The lowest BCUT2D eigenvalue weighted by molar-refractivity contribution is -0.0278. The van der Waals surface area contributed by atoms with E-state index in [1.54, 1.807) is 0 Å². The second-order valence-corrected chi connectivity index (χ2v) is 1.19. The van der Waals surface area contributed by atoms with Gasteiger partial charge in [-0.05, 0) is 6.92 Å². The second kappa shape index (κ2) is 6.70. The van der Waals surface area contributed by atoms with Gasteiger partial charge in [0.05, 0.1) is 0 Å². The van der Waals surface area contributed by atoms with E-state index in [0.29, 0.717) is 0 Å². The summed E-state index contributed by atoms with van der Waals surface area (Å²) in [7, 11) is 0. The minimum atomic E-state index is -3.48. The van der Waals surface area contributed by atoms with Crippen LogP contribution in [0.3, 0.4) is 0 Å². The van der Waals surface area contributed by atoms with Gasteiger partial charge < -0.3 is 0 Å². The molecule has 0 aliphatic rings. The van der Waals surface area contributed by atoms with E-state index < -0.39 is 19.3 Å². The molecule has 0 aromatic carbocycles. The van der Waals surface area contributed by atoms with Crippen LogP contribution in [0.2, 0.25) is 0 Å². The third kappa shape index (κ3) is 25.6. The first kappa shape index (κ1) is 12.3. The van der Waals surface area contributed by atoms with Gasteiger partial charge >= 0.3 is 0 Å². The van der Waals surface area contributed by atoms with Crippen LogP contribution in [-0.4, -0.2) is 19.3 Å².